The summed E-state index contributed by atoms with van der Waals surface area (Å²) >= 11 is 0. The summed E-state index contributed by atoms with van der Waals surface area (Å²) in [7, 11) is -3.70. The Bertz CT molecular complexity index is 2630. The SMILES string of the molecule is Cc1cnc(Nc2ccc(N3CCN(CCCOCCOCCOCCOCCOCCNC4C(=O)N(C5CCC(=O)NC5=O)C(=O)c5ccccc54)CC3)cc2)nc1Nc1cccc(S(=O)(=O)NC(C)(C)C)c1. The summed E-state index contributed by atoms with van der Waals surface area (Å²) in [6, 6.07) is 19.8. The lowest BCUT2D eigenvalue weighted by Gasteiger charge is -2.38. The van der Waals surface area contributed by atoms with Crippen molar-refractivity contribution in [3.63, 3.8) is 0 Å². The minimum absolute atomic E-state index is 0.0521. The molecule has 2 fully saturated rings. The minimum Gasteiger partial charge on any atom is -0.379 e. The van der Waals surface area contributed by atoms with E-state index in [1.54, 1.807) is 75.5 Å². The fraction of sp³-hybridized carbons (Fsp3) is 0.500. The second kappa shape index (κ2) is 27.0. The number of hydrogen-bond acceptors (Lipinski definition) is 18. The van der Waals surface area contributed by atoms with Crippen LogP contribution >= 0.6 is 0 Å². The van der Waals surface area contributed by atoms with Crippen molar-refractivity contribution in [1.29, 1.82) is 0 Å². The van der Waals surface area contributed by atoms with Crippen LogP contribution in [0, 0.1) is 6.92 Å². The topological polar surface area (TPSA) is 244 Å². The van der Waals surface area contributed by atoms with Crippen LogP contribution in [0.25, 0.3) is 0 Å². The third-order valence-corrected chi connectivity index (χ3v) is 14.0. The minimum atomic E-state index is -3.70. The molecule has 4 aromatic rings. The Morgan fingerprint density at radius 1 is 0.743 bits per heavy atom. The van der Waals surface area contributed by atoms with Crippen LogP contribution in [-0.4, -0.2) is 169 Å². The van der Waals surface area contributed by atoms with Gasteiger partial charge in [0.2, 0.25) is 27.8 Å². The molecule has 2 saturated heterocycles. The third-order valence-electron chi connectivity index (χ3n) is 12.3. The molecular weight excluding hydrogens is 973 g/mol. The van der Waals surface area contributed by atoms with Crippen molar-refractivity contribution >= 4 is 62.5 Å². The van der Waals surface area contributed by atoms with E-state index in [0.717, 1.165) is 61.0 Å². The first kappa shape index (κ1) is 55.8. The number of carbonyl (C=O) groups excluding carboxylic acids is 4. The standard InChI is InChI=1S/C52H70N10O11S/c1-37-36-54-51(58-47(37)55-39-9-7-10-41(35-39)74(67,68)59-52(2,3)4)56-38-13-15-40(16-14-38)61-23-21-60(22-24-61)20-8-25-69-27-29-71-31-33-73-34-32-72-30-28-70-26-19-53-46-42-11-5-6-12-43(42)49(65)62(50(46)66)44-17-18-45(63)57-48(44)64/h5-7,9-16,35-36,44,46,53,59H,8,17-34H2,1-4H3,(H,57,63,64)(H2,54,55,56,58). The molecule has 2 unspecified atom stereocenters. The highest BCUT2D eigenvalue weighted by Gasteiger charge is 2.45. The number of imide groups is 2. The molecule has 5 N–H and O–H groups in total. The van der Waals surface area contributed by atoms with E-state index in [1.807, 2.05) is 19.1 Å². The molecule has 3 aliphatic rings. The number of rotatable bonds is 28. The largest absolute Gasteiger partial charge is 0.379 e. The number of aryl methyl sites for hydroxylation is 1. The van der Waals surface area contributed by atoms with Gasteiger partial charge in [-0.1, -0.05) is 24.3 Å². The summed E-state index contributed by atoms with van der Waals surface area (Å²) in [4.78, 5) is 66.1. The van der Waals surface area contributed by atoms with E-state index in [-0.39, 0.29) is 17.7 Å². The highest BCUT2D eigenvalue weighted by molar-refractivity contribution is 7.89. The summed E-state index contributed by atoms with van der Waals surface area (Å²) in [5.41, 5.74) is 3.67. The molecule has 1 aromatic heterocycles. The maximum absolute atomic E-state index is 13.5. The van der Waals surface area contributed by atoms with Crippen molar-refractivity contribution in [2.75, 3.05) is 121 Å². The molecular formula is C52H70N10O11S. The van der Waals surface area contributed by atoms with Gasteiger partial charge in [0, 0.05) is 92.2 Å². The van der Waals surface area contributed by atoms with Gasteiger partial charge in [0.25, 0.3) is 11.8 Å². The summed E-state index contributed by atoms with van der Waals surface area (Å²) in [6.45, 7) is 16.8. The van der Waals surface area contributed by atoms with Gasteiger partial charge in [-0.05, 0) is 94.6 Å². The smallest absolute Gasteiger partial charge is 0.261 e. The number of fused-ring (bicyclic) bond motifs is 1. The normalized spacial score (nSPS) is 17.6. The van der Waals surface area contributed by atoms with Crippen molar-refractivity contribution in [2.24, 2.45) is 0 Å². The maximum atomic E-state index is 13.5. The highest BCUT2D eigenvalue weighted by Crippen LogP contribution is 2.31. The van der Waals surface area contributed by atoms with Crippen LogP contribution in [0.4, 0.5) is 28.8 Å². The van der Waals surface area contributed by atoms with Gasteiger partial charge in [-0.25, -0.2) is 18.1 Å². The van der Waals surface area contributed by atoms with E-state index in [4.69, 9.17) is 23.7 Å². The van der Waals surface area contributed by atoms with Crippen molar-refractivity contribution in [3.8, 4) is 0 Å². The lowest BCUT2D eigenvalue weighted by molar-refractivity contribution is -0.144. The van der Waals surface area contributed by atoms with Crippen molar-refractivity contribution < 1.29 is 51.3 Å². The number of piperidine rings is 1. The van der Waals surface area contributed by atoms with Crippen LogP contribution in [-0.2, 0) is 48.1 Å². The van der Waals surface area contributed by atoms with E-state index >= 15 is 0 Å². The predicted molar refractivity (Wildman–Crippen MR) is 278 cm³/mol. The number of nitrogens with one attached hydrogen (secondary N) is 5. The molecule has 0 spiro atoms. The van der Waals surface area contributed by atoms with E-state index in [1.165, 1.54) is 0 Å². The number of ether oxygens (including phenoxy) is 5. The van der Waals surface area contributed by atoms with Gasteiger partial charge in [0.1, 0.15) is 17.9 Å². The van der Waals surface area contributed by atoms with E-state index in [2.05, 4.69) is 57.9 Å². The fourth-order valence-corrected chi connectivity index (χ4v) is 10.1. The van der Waals surface area contributed by atoms with E-state index in [0.29, 0.717) is 101 Å². The van der Waals surface area contributed by atoms with Crippen LogP contribution in [0.2, 0.25) is 0 Å². The molecule has 22 heteroatoms. The Kier molecular flexibility index (Phi) is 20.4. The molecule has 400 valence electrons. The van der Waals surface area contributed by atoms with Gasteiger partial charge in [-0.2, -0.15) is 4.98 Å². The average Bonchev–Trinajstić information content (AvgIpc) is 3.37. The maximum Gasteiger partial charge on any atom is 0.261 e. The number of benzene rings is 3. The lowest BCUT2D eigenvalue weighted by atomic mass is 9.91. The molecule has 0 radical (unpaired) electrons. The number of anilines is 5. The average molecular weight is 1040 g/mol. The number of amides is 4. The quantitative estimate of drug-likeness (QED) is 0.0398. The van der Waals surface area contributed by atoms with Crippen LogP contribution in [0.5, 0.6) is 0 Å². The number of nitrogens with zero attached hydrogens (tertiary/aromatic N) is 5. The van der Waals surface area contributed by atoms with Crippen LogP contribution in [0.1, 0.15) is 67.6 Å². The van der Waals surface area contributed by atoms with Gasteiger partial charge in [0.05, 0.1) is 64.4 Å². The molecule has 0 aliphatic carbocycles. The predicted octanol–water partition coefficient (Wildman–Crippen LogP) is 4.06. The van der Waals surface area contributed by atoms with Crippen LogP contribution in [0.15, 0.2) is 83.9 Å². The summed E-state index contributed by atoms with van der Waals surface area (Å²) in [6.07, 6.45) is 2.81. The number of carbonyl (C=O) groups is 4. The third kappa shape index (κ3) is 16.3. The Balaban J connectivity index is 0.671. The highest BCUT2D eigenvalue weighted by atomic mass is 32.2. The molecule has 2 atom stereocenters. The number of piperazine rings is 1. The van der Waals surface area contributed by atoms with Crippen molar-refractivity contribution in [3.05, 3.63) is 95.7 Å². The number of sulfonamides is 1. The molecule has 3 aromatic carbocycles. The van der Waals surface area contributed by atoms with E-state index in [9.17, 15) is 27.6 Å². The zero-order valence-electron chi connectivity index (χ0n) is 42.7. The molecule has 0 bridgehead atoms. The van der Waals surface area contributed by atoms with Gasteiger partial charge in [-0.15, -0.1) is 0 Å². The second-order valence-electron chi connectivity index (χ2n) is 19.1. The fourth-order valence-electron chi connectivity index (χ4n) is 8.60. The summed E-state index contributed by atoms with van der Waals surface area (Å²) in [5.74, 6) is -1.17. The Morgan fingerprint density at radius 3 is 2.05 bits per heavy atom. The van der Waals surface area contributed by atoms with Gasteiger partial charge < -0.3 is 39.2 Å². The number of hydrogen-bond donors (Lipinski definition) is 5. The molecule has 7 rings (SSSR count). The van der Waals surface area contributed by atoms with Crippen LogP contribution in [0.3, 0.4) is 0 Å². The molecule has 4 heterocycles. The first-order chi connectivity index (χ1) is 35.6. The zero-order valence-corrected chi connectivity index (χ0v) is 43.5. The monoisotopic (exact) mass is 1040 g/mol. The molecule has 3 aliphatic heterocycles. The summed E-state index contributed by atoms with van der Waals surface area (Å²) < 4.78 is 56.8. The zero-order chi connectivity index (χ0) is 52.5. The molecule has 74 heavy (non-hydrogen) atoms. The van der Waals surface area contributed by atoms with Gasteiger partial charge in [0.15, 0.2) is 0 Å². The Hall–Kier alpha value is -5.95. The van der Waals surface area contributed by atoms with E-state index < -0.39 is 51.3 Å². The van der Waals surface area contributed by atoms with Crippen molar-refractivity contribution in [1.82, 2.24) is 35.1 Å². The van der Waals surface area contributed by atoms with Crippen molar-refractivity contribution in [2.45, 2.75) is 69.5 Å². The molecule has 4 amide bonds. The van der Waals surface area contributed by atoms with Gasteiger partial charge in [-0.3, -0.25) is 39.6 Å². The Morgan fingerprint density at radius 2 is 1.39 bits per heavy atom. The molecule has 0 saturated carbocycles. The first-order valence-corrected chi connectivity index (χ1v) is 26.6. The lowest BCUT2D eigenvalue weighted by Crippen LogP contribution is -2.60. The summed E-state index contributed by atoms with van der Waals surface area (Å²) in [5, 5.41) is 11.9. The van der Waals surface area contributed by atoms with Crippen LogP contribution < -0.4 is 30.9 Å². The van der Waals surface area contributed by atoms with Gasteiger partial charge >= 0.3 is 0 Å². The molecule has 21 nitrogen and oxygen atoms in total. The number of aromatic nitrogens is 2. The Labute approximate surface area is 433 Å². The first-order valence-electron chi connectivity index (χ1n) is 25.2. The second-order valence-corrected chi connectivity index (χ2v) is 20.8.